The average molecular weight is 406 g/mol. The summed E-state index contributed by atoms with van der Waals surface area (Å²) in [5, 5.41) is 11.4. The van der Waals surface area contributed by atoms with Gasteiger partial charge < -0.3 is 19.5 Å². The van der Waals surface area contributed by atoms with Crippen LogP contribution in [0.5, 0.6) is 0 Å². The molecule has 0 radical (unpaired) electrons. The maximum absolute atomic E-state index is 12.8. The smallest absolute Gasteiger partial charge is 0.275 e. The summed E-state index contributed by atoms with van der Waals surface area (Å²) in [6, 6.07) is 7.50. The first kappa shape index (κ1) is 18.6. The summed E-state index contributed by atoms with van der Waals surface area (Å²) in [5.74, 6) is 2.52. The molecule has 1 N–H and O–H groups in total. The van der Waals surface area contributed by atoms with Crippen molar-refractivity contribution < 1.29 is 9.53 Å². The van der Waals surface area contributed by atoms with Gasteiger partial charge in [-0.2, -0.15) is 0 Å². The van der Waals surface area contributed by atoms with E-state index in [0.29, 0.717) is 36.6 Å². The molecule has 1 amide bonds. The molecule has 10 nitrogen and oxygen atoms in total. The molecule has 10 heteroatoms. The molecule has 3 aromatic heterocycles. The highest BCUT2D eigenvalue weighted by Gasteiger charge is 2.25. The molecule has 0 saturated carbocycles. The zero-order chi connectivity index (χ0) is 20.5. The molecule has 1 saturated heterocycles. The molecule has 0 spiro atoms. The predicted octanol–water partition coefficient (Wildman–Crippen LogP) is 1.73. The molecule has 2 aliphatic rings. The third-order valence-corrected chi connectivity index (χ3v) is 5.43. The van der Waals surface area contributed by atoms with Gasteiger partial charge in [-0.05, 0) is 25.5 Å². The van der Waals surface area contributed by atoms with E-state index < -0.39 is 0 Å². The van der Waals surface area contributed by atoms with Gasteiger partial charge in [-0.3, -0.25) is 4.79 Å². The maximum Gasteiger partial charge on any atom is 0.275 e. The lowest BCUT2D eigenvalue weighted by atomic mass is 10.2. The number of pyridine rings is 1. The van der Waals surface area contributed by atoms with Crippen molar-refractivity contribution in [1.82, 2.24) is 29.7 Å². The molecule has 2 aliphatic heterocycles. The third kappa shape index (κ3) is 3.50. The van der Waals surface area contributed by atoms with Crippen molar-refractivity contribution in [2.45, 2.75) is 25.8 Å². The number of anilines is 2. The summed E-state index contributed by atoms with van der Waals surface area (Å²) in [7, 11) is 0. The fourth-order valence-corrected chi connectivity index (χ4v) is 3.84. The Labute approximate surface area is 173 Å². The van der Waals surface area contributed by atoms with E-state index in [4.69, 9.17) is 4.74 Å². The number of morpholine rings is 1. The number of carbonyl (C=O) groups excluding carboxylic acids is 1. The van der Waals surface area contributed by atoms with Crippen LogP contribution in [0.3, 0.4) is 0 Å². The van der Waals surface area contributed by atoms with Crippen LogP contribution in [0.25, 0.3) is 11.5 Å². The van der Waals surface area contributed by atoms with Crippen molar-refractivity contribution in [3.8, 4) is 11.5 Å². The molecule has 0 aromatic carbocycles. The number of nitrogens with zero attached hydrogens (tertiary/aromatic N) is 7. The molecular weight excluding hydrogens is 384 g/mol. The number of amides is 1. The molecule has 30 heavy (non-hydrogen) atoms. The third-order valence-electron chi connectivity index (χ3n) is 5.43. The Balaban J connectivity index is 1.35. The number of rotatable bonds is 4. The number of carbonyl (C=O) groups is 1. The number of aryl methyl sites for hydroxylation is 1. The highest BCUT2D eigenvalue weighted by Crippen LogP contribution is 2.30. The van der Waals surface area contributed by atoms with Crippen molar-refractivity contribution >= 4 is 17.5 Å². The Bertz CT molecular complexity index is 1080. The Morgan fingerprint density at radius 3 is 2.93 bits per heavy atom. The van der Waals surface area contributed by atoms with Crippen LogP contribution in [-0.2, 0) is 11.2 Å². The first-order valence-corrected chi connectivity index (χ1v) is 10.1. The first-order chi connectivity index (χ1) is 14.7. The fraction of sp³-hybridized carbons (Fsp3) is 0.400. The molecule has 1 atom stereocenters. The van der Waals surface area contributed by atoms with Gasteiger partial charge in [-0.1, -0.05) is 6.07 Å². The second-order valence-corrected chi connectivity index (χ2v) is 7.42. The van der Waals surface area contributed by atoms with Crippen molar-refractivity contribution in [3.05, 3.63) is 42.1 Å². The molecule has 5 rings (SSSR count). The molecular formula is C20H22N8O2. The largest absolute Gasteiger partial charge is 0.378 e. The van der Waals surface area contributed by atoms with Gasteiger partial charge in [-0.25, -0.2) is 15.0 Å². The summed E-state index contributed by atoms with van der Waals surface area (Å²) < 4.78 is 7.49. The van der Waals surface area contributed by atoms with E-state index in [0.717, 1.165) is 37.6 Å². The number of ether oxygens (including phenoxy) is 1. The number of aromatic nitrogens is 6. The van der Waals surface area contributed by atoms with Gasteiger partial charge in [0, 0.05) is 31.6 Å². The molecule has 1 fully saturated rings. The van der Waals surface area contributed by atoms with Gasteiger partial charge in [0.05, 0.1) is 13.2 Å². The summed E-state index contributed by atoms with van der Waals surface area (Å²) in [4.78, 5) is 27.8. The van der Waals surface area contributed by atoms with Gasteiger partial charge in [0.25, 0.3) is 5.91 Å². The number of hydrogen-bond donors (Lipinski definition) is 1. The minimum Gasteiger partial charge on any atom is -0.378 e. The Morgan fingerprint density at radius 2 is 2.07 bits per heavy atom. The monoisotopic (exact) mass is 406 g/mol. The average Bonchev–Trinajstić information content (AvgIpc) is 3.38. The standard InChI is InChI=1S/C20H22N8O2/c1-13-5-6-17-25-26-19(28(13)17)14-3-2-4-16(23-14)24-20(29)15-11-18(22-12-21-15)27-7-9-30-10-8-27/h2-4,11-13H,5-10H2,1H3,(H,23,24,29)/t13-/m0/s1. The minimum atomic E-state index is -0.337. The van der Waals surface area contributed by atoms with Gasteiger partial charge in [0.2, 0.25) is 0 Å². The maximum atomic E-state index is 12.8. The zero-order valence-corrected chi connectivity index (χ0v) is 16.7. The van der Waals surface area contributed by atoms with Crippen LogP contribution < -0.4 is 10.2 Å². The van der Waals surface area contributed by atoms with E-state index in [1.165, 1.54) is 6.33 Å². The van der Waals surface area contributed by atoms with Crippen molar-refractivity contribution in [3.63, 3.8) is 0 Å². The highest BCUT2D eigenvalue weighted by atomic mass is 16.5. The van der Waals surface area contributed by atoms with Gasteiger partial charge >= 0.3 is 0 Å². The highest BCUT2D eigenvalue weighted by molar-refractivity contribution is 6.02. The van der Waals surface area contributed by atoms with Crippen LogP contribution in [0.1, 0.15) is 35.7 Å². The normalized spacial score (nSPS) is 18.3. The molecule has 154 valence electrons. The van der Waals surface area contributed by atoms with Crippen LogP contribution >= 0.6 is 0 Å². The van der Waals surface area contributed by atoms with Gasteiger partial charge in [0.15, 0.2) is 5.82 Å². The Morgan fingerprint density at radius 1 is 1.20 bits per heavy atom. The van der Waals surface area contributed by atoms with Crippen LogP contribution in [-0.4, -0.2) is 61.9 Å². The van der Waals surface area contributed by atoms with Crippen LogP contribution in [0.4, 0.5) is 11.6 Å². The second-order valence-electron chi connectivity index (χ2n) is 7.42. The van der Waals surface area contributed by atoms with E-state index in [1.54, 1.807) is 12.1 Å². The predicted molar refractivity (Wildman–Crippen MR) is 109 cm³/mol. The summed E-state index contributed by atoms with van der Waals surface area (Å²) in [6.07, 6.45) is 3.38. The zero-order valence-electron chi connectivity index (χ0n) is 16.7. The minimum absolute atomic E-state index is 0.288. The molecule has 0 unspecified atom stereocenters. The summed E-state index contributed by atoms with van der Waals surface area (Å²) >= 11 is 0. The fourth-order valence-electron chi connectivity index (χ4n) is 3.84. The van der Waals surface area contributed by atoms with E-state index in [-0.39, 0.29) is 11.6 Å². The van der Waals surface area contributed by atoms with E-state index in [2.05, 4.69) is 46.9 Å². The lowest BCUT2D eigenvalue weighted by Gasteiger charge is -2.27. The second kappa shape index (κ2) is 7.79. The molecule has 5 heterocycles. The number of nitrogens with one attached hydrogen (secondary N) is 1. The van der Waals surface area contributed by atoms with Crippen LogP contribution in [0.15, 0.2) is 30.6 Å². The van der Waals surface area contributed by atoms with Gasteiger partial charge in [0.1, 0.15) is 35.2 Å². The Kier molecular flexibility index (Phi) is 4.83. The number of fused-ring (bicyclic) bond motifs is 1. The Hall–Kier alpha value is -3.40. The van der Waals surface area contributed by atoms with Crippen molar-refractivity contribution in [1.29, 1.82) is 0 Å². The lowest BCUT2D eigenvalue weighted by Crippen LogP contribution is -2.37. The summed E-state index contributed by atoms with van der Waals surface area (Å²) in [6.45, 7) is 4.92. The topological polar surface area (TPSA) is 111 Å². The first-order valence-electron chi connectivity index (χ1n) is 10.1. The van der Waals surface area contributed by atoms with E-state index in [9.17, 15) is 4.79 Å². The quantitative estimate of drug-likeness (QED) is 0.697. The molecule has 0 bridgehead atoms. The van der Waals surface area contributed by atoms with Crippen molar-refractivity contribution in [2.24, 2.45) is 0 Å². The van der Waals surface area contributed by atoms with Crippen LogP contribution in [0.2, 0.25) is 0 Å². The SMILES string of the molecule is C[C@H]1CCc2nnc(-c3cccc(NC(=O)c4cc(N5CCOCC5)ncn4)n3)n21. The van der Waals surface area contributed by atoms with Crippen LogP contribution in [0, 0.1) is 0 Å². The van der Waals surface area contributed by atoms with Gasteiger partial charge in [-0.15, -0.1) is 10.2 Å². The number of hydrogen-bond acceptors (Lipinski definition) is 8. The summed E-state index contributed by atoms with van der Waals surface area (Å²) in [5.41, 5.74) is 0.965. The molecule has 0 aliphatic carbocycles. The molecule has 3 aromatic rings. The van der Waals surface area contributed by atoms with E-state index >= 15 is 0 Å². The lowest BCUT2D eigenvalue weighted by molar-refractivity contribution is 0.102. The van der Waals surface area contributed by atoms with Crippen molar-refractivity contribution in [2.75, 3.05) is 36.5 Å². The van der Waals surface area contributed by atoms with E-state index in [1.807, 2.05) is 12.1 Å².